The van der Waals surface area contributed by atoms with E-state index in [2.05, 4.69) is 19.2 Å². The summed E-state index contributed by atoms with van der Waals surface area (Å²) < 4.78 is 24.4. The summed E-state index contributed by atoms with van der Waals surface area (Å²) in [6.45, 7) is 4.57. The van der Waals surface area contributed by atoms with Crippen molar-refractivity contribution >= 4 is 0 Å². The number of nitrogens with two attached hydrogens (primary N) is 1. The first-order valence-corrected chi connectivity index (χ1v) is 5.62. The Hall–Kier alpha value is -0.220. The molecule has 4 heteroatoms. The third-order valence-corrected chi connectivity index (χ3v) is 3.35. The monoisotopic (exact) mass is 220 g/mol. The van der Waals surface area contributed by atoms with Crippen LogP contribution in [0.15, 0.2) is 0 Å². The molecule has 1 fully saturated rings. The summed E-state index contributed by atoms with van der Waals surface area (Å²) in [7, 11) is 0. The summed E-state index contributed by atoms with van der Waals surface area (Å²) in [5.41, 5.74) is 5.69. The van der Waals surface area contributed by atoms with Gasteiger partial charge < -0.3 is 11.1 Å². The number of nitrogens with one attached hydrogen (secondary N) is 1. The third kappa shape index (κ3) is 3.68. The lowest BCUT2D eigenvalue weighted by atomic mass is 9.68. The van der Waals surface area contributed by atoms with Gasteiger partial charge in [-0.25, -0.2) is 8.78 Å². The minimum absolute atomic E-state index is 0.215. The zero-order valence-corrected chi connectivity index (χ0v) is 9.65. The predicted molar refractivity (Wildman–Crippen MR) is 58.0 cm³/mol. The summed E-state index contributed by atoms with van der Waals surface area (Å²) in [6, 6.07) is 0. The molecule has 1 saturated carbocycles. The minimum atomic E-state index is -2.29. The first-order chi connectivity index (χ1) is 6.89. The Morgan fingerprint density at radius 3 is 2.47 bits per heavy atom. The van der Waals surface area contributed by atoms with Crippen molar-refractivity contribution < 1.29 is 8.78 Å². The van der Waals surface area contributed by atoms with Crippen molar-refractivity contribution in [2.45, 2.75) is 51.5 Å². The second-order valence-electron chi connectivity index (χ2n) is 5.45. The van der Waals surface area contributed by atoms with E-state index in [9.17, 15) is 8.78 Å². The lowest BCUT2D eigenvalue weighted by Crippen LogP contribution is -2.56. The van der Waals surface area contributed by atoms with Crippen LogP contribution in [0.5, 0.6) is 0 Å². The molecule has 0 aliphatic heterocycles. The van der Waals surface area contributed by atoms with Gasteiger partial charge in [-0.1, -0.05) is 20.3 Å². The largest absolute Gasteiger partial charge is 0.329 e. The molecule has 1 aliphatic carbocycles. The van der Waals surface area contributed by atoms with Crippen LogP contribution in [0.25, 0.3) is 0 Å². The highest BCUT2D eigenvalue weighted by molar-refractivity contribution is 4.97. The molecule has 1 atom stereocenters. The number of halogens is 2. The lowest BCUT2D eigenvalue weighted by molar-refractivity contribution is 0.0871. The second kappa shape index (κ2) is 4.74. The highest BCUT2D eigenvalue weighted by atomic mass is 19.3. The van der Waals surface area contributed by atoms with Crippen LogP contribution in [0.1, 0.15) is 39.5 Å². The van der Waals surface area contributed by atoms with Gasteiger partial charge >= 0.3 is 0 Å². The topological polar surface area (TPSA) is 38.0 Å². The van der Waals surface area contributed by atoms with Crippen molar-refractivity contribution in [3.63, 3.8) is 0 Å². The molecular formula is C11H22F2N2. The van der Waals surface area contributed by atoms with Gasteiger partial charge in [0.15, 0.2) is 0 Å². The molecule has 90 valence electrons. The first kappa shape index (κ1) is 12.8. The van der Waals surface area contributed by atoms with Gasteiger partial charge in [0.2, 0.25) is 0 Å². The predicted octanol–water partition coefficient (Wildman–Crippen LogP) is 2.14. The summed E-state index contributed by atoms with van der Waals surface area (Å²) in [6.07, 6.45) is 1.74. The number of hydrogen-bond acceptors (Lipinski definition) is 2. The van der Waals surface area contributed by atoms with Crippen molar-refractivity contribution in [3.05, 3.63) is 0 Å². The SMILES string of the molecule is CC1(C)CCCC(CN)(NCC(F)F)C1. The maximum atomic E-state index is 12.2. The van der Waals surface area contributed by atoms with E-state index in [4.69, 9.17) is 5.73 Å². The van der Waals surface area contributed by atoms with E-state index in [1.807, 2.05) is 0 Å². The Balaban J connectivity index is 2.58. The fraction of sp³-hybridized carbons (Fsp3) is 1.00. The molecule has 0 bridgehead atoms. The van der Waals surface area contributed by atoms with Crippen LogP contribution in [0, 0.1) is 5.41 Å². The molecular weight excluding hydrogens is 198 g/mol. The van der Waals surface area contributed by atoms with E-state index >= 15 is 0 Å². The van der Waals surface area contributed by atoms with Crippen LogP contribution in [0.4, 0.5) is 8.78 Å². The van der Waals surface area contributed by atoms with E-state index in [1.165, 1.54) is 0 Å². The molecule has 15 heavy (non-hydrogen) atoms. The maximum Gasteiger partial charge on any atom is 0.250 e. The fourth-order valence-electron chi connectivity index (χ4n) is 2.69. The average Bonchev–Trinajstić information content (AvgIpc) is 2.13. The van der Waals surface area contributed by atoms with Gasteiger partial charge in [-0.3, -0.25) is 0 Å². The van der Waals surface area contributed by atoms with Crippen molar-refractivity contribution in [3.8, 4) is 0 Å². The molecule has 0 spiro atoms. The Labute approximate surface area is 90.6 Å². The highest BCUT2D eigenvalue weighted by Crippen LogP contribution is 2.40. The van der Waals surface area contributed by atoms with Crippen molar-refractivity contribution in [2.75, 3.05) is 13.1 Å². The standard InChI is InChI=1S/C11H22F2N2/c1-10(2)4-3-5-11(7-10,8-14)15-6-9(12)13/h9,15H,3-8,14H2,1-2H3. The number of hydrogen-bond donors (Lipinski definition) is 2. The molecule has 0 aromatic carbocycles. The molecule has 0 heterocycles. The summed E-state index contributed by atoms with van der Waals surface area (Å²) in [5, 5.41) is 2.96. The van der Waals surface area contributed by atoms with Crippen LogP contribution in [-0.2, 0) is 0 Å². The molecule has 0 radical (unpaired) electrons. The smallest absolute Gasteiger partial charge is 0.250 e. The molecule has 0 aromatic rings. The van der Waals surface area contributed by atoms with E-state index < -0.39 is 6.43 Å². The molecule has 0 amide bonds. The quantitative estimate of drug-likeness (QED) is 0.761. The minimum Gasteiger partial charge on any atom is -0.329 e. The zero-order chi connectivity index (χ0) is 11.5. The first-order valence-electron chi connectivity index (χ1n) is 5.62. The van der Waals surface area contributed by atoms with E-state index in [-0.39, 0.29) is 17.5 Å². The van der Waals surface area contributed by atoms with Crippen LogP contribution in [-0.4, -0.2) is 25.1 Å². The van der Waals surface area contributed by atoms with Gasteiger partial charge in [0.25, 0.3) is 6.43 Å². The van der Waals surface area contributed by atoms with E-state index in [1.54, 1.807) is 0 Å². The summed E-state index contributed by atoms with van der Waals surface area (Å²) >= 11 is 0. The van der Waals surface area contributed by atoms with Crippen LogP contribution in [0.3, 0.4) is 0 Å². The van der Waals surface area contributed by atoms with Gasteiger partial charge in [-0.2, -0.15) is 0 Å². The normalized spacial score (nSPS) is 30.8. The van der Waals surface area contributed by atoms with Crippen molar-refractivity contribution in [2.24, 2.45) is 11.1 Å². The third-order valence-electron chi connectivity index (χ3n) is 3.35. The Morgan fingerprint density at radius 1 is 1.33 bits per heavy atom. The van der Waals surface area contributed by atoms with Crippen LogP contribution < -0.4 is 11.1 Å². The van der Waals surface area contributed by atoms with E-state index in [0.717, 1.165) is 25.7 Å². The van der Waals surface area contributed by atoms with E-state index in [0.29, 0.717) is 6.54 Å². The number of rotatable bonds is 4. The highest BCUT2D eigenvalue weighted by Gasteiger charge is 2.38. The van der Waals surface area contributed by atoms with Gasteiger partial charge in [0.05, 0.1) is 6.54 Å². The number of alkyl halides is 2. The zero-order valence-electron chi connectivity index (χ0n) is 9.65. The molecule has 1 unspecified atom stereocenters. The maximum absolute atomic E-state index is 12.2. The van der Waals surface area contributed by atoms with Crippen LogP contribution >= 0.6 is 0 Å². The molecule has 1 aliphatic rings. The molecule has 2 nitrogen and oxygen atoms in total. The lowest BCUT2D eigenvalue weighted by Gasteiger charge is -2.45. The van der Waals surface area contributed by atoms with Crippen molar-refractivity contribution in [1.82, 2.24) is 5.32 Å². The Kier molecular flexibility index (Phi) is 4.06. The average molecular weight is 220 g/mol. The molecule has 0 aromatic heterocycles. The molecule has 0 saturated heterocycles. The second-order valence-corrected chi connectivity index (χ2v) is 5.45. The van der Waals surface area contributed by atoms with Gasteiger partial charge in [0.1, 0.15) is 0 Å². The summed E-state index contributed by atoms with van der Waals surface area (Å²) in [5.74, 6) is 0. The molecule has 1 rings (SSSR count). The summed E-state index contributed by atoms with van der Waals surface area (Å²) in [4.78, 5) is 0. The Morgan fingerprint density at radius 2 is 2.00 bits per heavy atom. The molecule has 3 N–H and O–H groups in total. The van der Waals surface area contributed by atoms with Gasteiger partial charge in [0, 0.05) is 12.1 Å². The van der Waals surface area contributed by atoms with Gasteiger partial charge in [-0.15, -0.1) is 0 Å². The Bertz CT molecular complexity index is 207. The van der Waals surface area contributed by atoms with Crippen LogP contribution in [0.2, 0.25) is 0 Å². The fourth-order valence-corrected chi connectivity index (χ4v) is 2.69. The van der Waals surface area contributed by atoms with Gasteiger partial charge in [-0.05, 0) is 24.7 Å². The van der Waals surface area contributed by atoms with Crippen molar-refractivity contribution in [1.29, 1.82) is 0 Å².